The molecule has 2 fully saturated rings. The molecular weight excluding hydrogens is 172 g/mol. The maximum Gasteiger partial charge on any atom is 0.0107 e. The first-order valence-corrected chi connectivity index (χ1v) is 6.12. The molecule has 0 aliphatic heterocycles. The van der Waals surface area contributed by atoms with Crippen LogP contribution in [0.4, 0.5) is 0 Å². The first kappa shape index (κ1) is 10.4. The molecule has 82 valence electrons. The van der Waals surface area contributed by atoms with Crippen LogP contribution in [0.1, 0.15) is 39.0 Å². The highest BCUT2D eigenvalue weighted by Crippen LogP contribution is 2.38. The van der Waals surface area contributed by atoms with Crippen molar-refractivity contribution in [3.05, 3.63) is 0 Å². The third kappa shape index (κ3) is 2.48. The van der Waals surface area contributed by atoms with Crippen LogP contribution in [0.25, 0.3) is 0 Å². The van der Waals surface area contributed by atoms with Gasteiger partial charge in [-0.1, -0.05) is 13.3 Å². The summed E-state index contributed by atoms with van der Waals surface area (Å²) in [6.45, 7) is 3.67. The number of hydrogen-bond donors (Lipinski definition) is 1. The first-order chi connectivity index (χ1) is 6.66. The topological polar surface area (TPSA) is 29.3 Å². The van der Waals surface area contributed by atoms with Gasteiger partial charge in [0.25, 0.3) is 0 Å². The van der Waals surface area contributed by atoms with E-state index in [-0.39, 0.29) is 0 Å². The van der Waals surface area contributed by atoms with Crippen molar-refractivity contribution >= 4 is 0 Å². The summed E-state index contributed by atoms with van der Waals surface area (Å²) in [7, 11) is 2.29. The summed E-state index contributed by atoms with van der Waals surface area (Å²) in [6, 6.07) is 1.24. The average Bonchev–Trinajstić information content (AvgIpc) is 2.81. The van der Waals surface area contributed by atoms with Gasteiger partial charge in [0.2, 0.25) is 0 Å². The van der Waals surface area contributed by atoms with E-state index in [4.69, 9.17) is 5.73 Å². The molecular formula is C12H24N2. The molecule has 0 bridgehead atoms. The highest BCUT2D eigenvalue weighted by molar-refractivity contribution is 4.88. The van der Waals surface area contributed by atoms with E-state index in [1.54, 1.807) is 0 Å². The van der Waals surface area contributed by atoms with Crippen LogP contribution in [-0.2, 0) is 0 Å². The van der Waals surface area contributed by atoms with Gasteiger partial charge in [0.15, 0.2) is 0 Å². The molecule has 14 heavy (non-hydrogen) atoms. The normalized spacial score (nSPS) is 42.9. The lowest BCUT2D eigenvalue weighted by atomic mass is 9.90. The van der Waals surface area contributed by atoms with Crippen LogP contribution in [0.3, 0.4) is 0 Å². The van der Waals surface area contributed by atoms with Gasteiger partial charge in [0.05, 0.1) is 0 Å². The molecule has 2 rings (SSSR count). The summed E-state index contributed by atoms with van der Waals surface area (Å²) in [5, 5.41) is 0. The van der Waals surface area contributed by atoms with Gasteiger partial charge in [0, 0.05) is 18.6 Å². The maximum absolute atomic E-state index is 6.01. The van der Waals surface area contributed by atoms with Gasteiger partial charge in [-0.15, -0.1) is 0 Å². The third-order valence-corrected chi connectivity index (χ3v) is 4.11. The monoisotopic (exact) mass is 196 g/mol. The molecule has 2 N–H and O–H groups in total. The Balaban J connectivity index is 1.75. The van der Waals surface area contributed by atoms with Crippen molar-refractivity contribution in [1.82, 2.24) is 4.90 Å². The molecule has 0 aromatic rings. The van der Waals surface area contributed by atoms with E-state index in [0.29, 0.717) is 6.04 Å². The van der Waals surface area contributed by atoms with Crippen LogP contribution in [0.15, 0.2) is 0 Å². The Morgan fingerprint density at radius 2 is 2.00 bits per heavy atom. The molecule has 0 saturated heterocycles. The molecule has 0 radical (unpaired) electrons. The highest BCUT2D eigenvalue weighted by Gasteiger charge is 2.35. The molecule has 0 spiro atoms. The lowest BCUT2D eigenvalue weighted by Gasteiger charge is -2.34. The SMILES string of the molecule is CC1CC1CN(C)C1CCCC(N)C1. The molecule has 2 aliphatic carbocycles. The highest BCUT2D eigenvalue weighted by atomic mass is 15.1. The van der Waals surface area contributed by atoms with Crippen molar-refractivity contribution in [3.63, 3.8) is 0 Å². The summed E-state index contributed by atoms with van der Waals surface area (Å²) >= 11 is 0. The zero-order valence-corrected chi connectivity index (χ0v) is 9.58. The molecule has 2 nitrogen and oxygen atoms in total. The average molecular weight is 196 g/mol. The molecule has 4 atom stereocenters. The summed E-state index contributed by atoms with van der Waals surface area (Å²) in [5.74, 6) is 1.97. The second kappa shape index (κ2) is 4.19. The Hall–Kier alpha value is -0.0800. The zero-order valence-electron chi connectivity index (χ0n) is 9.58. The van der Waals surface area contributed by atoms with Gasteiger partial charge in [-0.25, -0.2) is 0 Å². The van der Waals surface area contributed by atoms with E-state index in [1.165, 1.54) is 38.6 Å². The summed E-state index contributed by atoms with van der Waals surface area (Å²) in [5.41, 5.74) is 6.01. The van der Waals surface area contributed by atoms with Crippen LogP contribution < -0.4 is 5.73 Å². The molecule has 0 heterocycles. The van der Waals surface area contributed by atoms with Gasteiger partial charge >= 0.3 is 0 Å². The number of rotatable bonds is 3. The van der Waals surface area contributed by atoms with Crippen LogP contribution >= 0.6 is 0 Å². The maximum atomic E-state index is 6.01. The largest absolute Gasteiger partial charge is 0.328 e. The van der Waals surface area contributed by atoms with Crippen molar-refractivity contribution in [2.75, 3.05) is 13.6 Å². The van der Waals surface area contributed by atoms with Crippen LogP contribution in [0.2, 0.25) is 0 Å². The quantitative estimate of drug-likeness (QED) is 0.746. The Morgan fingerprint density at radius 3 is 2.57 bits per heavy atom. The van der Waals surface area contributed by atoms with Crippen molar-refractivity contribution in [2.45, 2.75) is 51.1 Å². The smallest absolute Gasteiger partial charge is 0.0107 e. The van der Waals surface area contributed by atoms with E-state index < -0.39 is 0 Å². The van der Waals surface area contributed by atoms with Crippen LogP contribution in [0, 0.1) is 11.8 Å². The molecule has 4 unspecified atom stereocenters. The van der Waals surface area contributed by atoms with Gasteiger partial charge < -0.3 is 10.6 Å². The lowest BCUT2D eigenvalue weighted by molar-refractivity contribution is 0.172. The first-order valence-electron chi connectivity index (χ1n) is 6.12. The summed E-state index contributed by atoms with van der Waals surface area (Å²) in [6.07, 6.45) is 6.60. The standard InChI is InChI=1S/C12H24N2/c1-9-6-10(9)8-14(2)12-5-3-4-11(13)7-12/h9-12H,3-8,13H2,1-2H3. The molecule has 2 saturated carbocycles. The minimum absolute atomic E-state index is 0.466. The van der Waals surface area contributed by atoms with Crippen molar-refractivity contribution in [1.29, 1.82) is 0 Å². The van der Waals surface area contributed by atoms with Crippen LogP contribution in [0.5, 0.6) is 0 Å². The number of hydrogen-bond acceptors (Lipinski definition) is 2. The summed E-state index contributed by atoms with van der Waals surface area (Å²) < 4.78 is 0. The fraction of sp³-hybridized carbons (Fsp3) is 1.00. The van der Waals surface area contributed by atoms with Gasteiger partial charge in [-0.05, 0) is 44.6 Å². The third-order valence-electron chi connectivity index (χ3n) is 4.11. The Bertz CT molecular complexity index is 193. The molecule has 0 aromatic carbocycles. The van der Waals surface area contributed by atoms with E-state index >= 15 is 0 Å². The van der Waals surface area contributed by atoms with Crippen LogP contribution in [-0.4, -0.2) is 30.6 Å². The Morgan fingerprint density at radius 1 is 1.29 bits per heavy atom. The fourth-order valence-electron chi connectivity index (χ4n) is 2.77. The molecule has 0 amide bonds. The predicted octanol–water partition coefficient (Wildman–Crippen LogP) is 1.84. The van der Waals surface area contributed by atoms with Gasteiger partial charge in [-0.2, -0.15) is 0 Å². The zero-order chi connectivity index (χ0) is 10.1. The molecule has 2 heteroatoms. The van der Waals surface area contributed by atoms with Crippen molar-refractivity contribution in [2.24, 2.45) is 17.6 Å². The Labute approximate surface area is 87.8 Å². The second-order valence-corrected chi connectivity index (χ2v) is 5.49. The van der Waals surface area contributed by atoms with Crippen molar-refractivity contribution < 1.29 is 0 Å². The van der Waals surface area contributed by atoms with E-state index in [2.05, 4.69) is 18.9 Å². The lowest BCUT2D eigenvalue weighted by Crippen LogP contribution is -2.41. The van der Waals surface area contributed by atoms with Crippen molar-refractivity contribution in [3.8, 4) is 0 Å². The minimum Gasteiger partial charge on any atom is -0.328 e. The van der Waals surface area contributed by atoms with E-state index in [9.17, 15) is 0 Å². The number of nitrogens with zero attached hydrogens (tertiary/aromatic N) is 1. The van der Waals surface area contributed by atoms with E-state index in [1.807, 2.05) is 0 Å². The predicted molar refractivity (Wildman–Crippen MR) is 60.1 cm³/mol. The number of nitrogens with two attached hydrogens (primary N) is 1. The molecule has 0 aromatic heterocycles. The minimum atomic E-state index is 0.466. The van der Waals surface area contributed by atoms with E-state index in [0.717, 1.165) is 17.9 Å². The fourth-order valence-corrected chi connectivity index (χ4v) is 2.77. The summed E-state index contributed by atoms with van der Waals surface area (Å²) in [4.78, 5) is 2.56. The van der Waals surface area contributed by atoms with Gasteiger partial charge in [-0.3, -0.25) is 0 Å². The second-order valence-electron chi connectivity index (χ2n) is 5.49. The molecule has 2 aliphatic rings. The Kier molecular flexibility index (Phi) is 3.13. The van der Waals surface area contributed by atoms with Gasteiger partial charge in [0.1, 0.15) is 0 Å².